The monoisotopic (exact) mass is 232 g/mol. The summed E-state index contributed by atoms with van der Waals surface area (Å²) in [5.41, 5.74) is 2.84. The molecule has 88 valence electrons. The maximum absolute atomic E-state index is 7.81. The van der Waals surface area contributed by atoms with Crippen LogP contribution in [0.3, 0.4) is 0 Å². The predicted molar refractivity (Wildman–Crippen MR) is 72.0 cm³/mol. The third-order valence-electron chi connectivity index (χ3n) is 3.12. The molecule has 1 heterocycles. The lowest BCUT2D eigenvalue weighted by Crippen LogP contribution is -2.35. The van der Waals surface area contributed by atoms with Gasteiger partial charge in [-0.3, -0.25) is 0 Å². The van der Waals surface area contributed by atoms with E-state index in [1.54, 1.807) is 48.9 Å². The Morgan fingerprint density at radius 1 is 0.941 bits per heavy atom. The molecule has 0 saturated carbocycles. The molecule has 2 rings (SSSR count). The van der Waals surface area contributed by atoms with Crippen LogP contribution in [0.1, 0.15) is 30.6 Å². The summed E-state index contributed by atoms with van der Waals surface area (Å²) < 4.78 is 48.5. The van der Waals surface area contributed by atoms with Gasteiger partial charge >= 0.3 is 0 Å². The van der Waals surface area contributed by atoms with E-state index in [0.717, 1.165) is 11.3 Å². The SMILES string of the molecule is [2H]C([2H])([2H])c1cccc(C)c1-c1c(C([2H])([2H])[2H])ccc(C)[n+]1C. The maximum Gasteiger partial charge on any atom is 0.215 e. The van der Waals surface area contributed by atoms with Crippen molar-refractivity contribution in [2.45, 2.75) is 27.6 Å². The molecule has 1 nitrogen and oxygen atoms in total. The summed E-state index contributed by atoms with van der Waals surface area (Å²) in [5.74, 6) is 0. The van der Waals surface area contributed by atoms with E-state index in [4.69, 9.17) is 8.22 Å². The first-order chi connectivity index (χ1) is 10.4. The van der Waals surface area contributed by atoms with Crippen LogP contribution in [-0.4, -0.2) is 0 Å². The molecule has 1 aromatic carbocycles. The zero-order valence-electron chi connectivity index (χ0n) is 16.3. The number of pyridine rings is 1. The number of rotatable bonds is 1. The fourth-order valence-corrected chi connectivity index (χ4v) is 2.04. The highest BCUT2D eigenvalue weighted by Crippen LogP contribution is 2.26. The van der Waals surface area contributed by atoms with Gasteiger partial charge in [0.2, 0.25) is 5.69 Å². The molecule has 0 saturated heterocycles. The molecule has 0 radical (unpaired) electrons. The van der Waals surface area contributed by atoms with Crippen molar-refractivity contribution >= 4 is 0 Å². The molecule has 1 aromatic heterocycles. The van der Waals surface area contributed by atoms with Crippen LogP contribution in [0.4, 0.5) is 0 Å². The molecule has 0 bridgehead atoms. The topological polar surface area (TPSA) is 3.88 Å². The first-order valence-corrected chi connectivity index (χ1v) is 5.55. The van der Waals surface area contributed by atoms with Crippen molar-refractivity contribution < 1.29 is 12.8 Å². The first kappa shape index (κ1) is 6.34. The van der Waals surface area contributed by atoms with E-state index >= 15 is 0 Å². The van der Waals surface area contributed by atoms with Gasteiger partial charge in [0.05, 0.1) is 5.56 Å². The summed E-state index contributed by atoms with van der Waals surface area (Å²) in [5, 5.41) is 0. The summed E-state index contributed by atoms with van der Waals surface area (Å²) in [6.07, 6.45) is 0. The Morgan fingerprint density at radius 2 is 1.65 bits per heavy atom. The molecule has 0 atom stereocenters. The van der Waals surface area contributed by atoms with Crippen molar-refractivity contribution in [2.75, 3.05) is 0 Å². The highest BCUT2D eigenvalue weighted by molar-refractivity contribution is 5.67. The van der Waals surface area contributed by atoms with Gasteiger partial charge in [0.1, 0.15) is 7.05 Å². The maximum atomic E-state index is 7.81. The van der Waals surface area contributed by atoms with Crippen LogP contribution >= 0.6 is 0 Å². The second-order valence-electron chi connectivity index (χ2n) is 4.29. The van der Waals surface area contributed by atoms with Crippen molar-refractivity contribution in [3.8, 4) is 11.3 Å². The minimum absolute atomic E-state index is 0.158. The minimum Gasteiger partial charge on any atom is -0.198 e. The first-order valence-electron chi connectivity index (χ1n) is 8.55. The van der Waals surface area contributed by atoms with E-state index in [1.165, 1.54) is 0 Å². The smallest absolute Gasteiger partial charge is 0.198 e. The van der Waals surface area contributed by atoms with Gasteiger partial charge in [-0.25, -0.2) is 0 Å². The number of benzene rings is 1. The highest BCUT2D eigenvalue weighted by Gasteiger charge is 2.18. The highest BCUT2D eigenvalue weighted by atomic mass is 14.9. The van der Waals surface area contributed by atoms with Crippen LogP contribution in [0, 0.1) is 27.6 Å². The Bertz CT molecular complexity index is 743. The van der Waals surface area contributed by atoms with Gasteiger partial charge in [-0.15, -0.1) is 0 Å². The molecule has 0 unspecified atom stereocenters. The quantitative estimate of drug-likeness (QED) is 0.663. The van der Waals surface area contributed by atoms with E-state index in [2.05, 4.69) is 0 Å². The molecule has 1 heteroatoms. The molecular formula is C16H20N+. The Hall–Kier alpha value is -1.63. The molecule has 0 aliphatic heterocycles. The van der Waals surface area contributed by atoms with Gasteiger partial charge in [0, 0.05) is 26.8 Å². The minimum atomic E-state index is -2.32. The number of aryl methyl sites for hydroxylation is 4. The normalized spacial score (nSPS) is 17.4. The van der Waals surface area contributed by atoms with E-state index < -0.39 is 13.7 Å². The van der Waals surface area contributed by atoms with Gasteiger partial charge in [-0.05, 0) is 37.8 Å². The molecule has 0 aliphatic carbocycles. The molecular weight excluding hydrogens is 206 g/mol. The van der Waals surface area contributed by atoms with Gasteiger partial charge in [-0.2, -0.15) is 4.57 Å². The van der Waals surface area contributed by atoms with E-state index in [-0.39, 0.29) is 11.1 Å². The second-order valence-corrected chi connectivity index (χ2v) is 4.29. The Labute approximate surface area is 112 Å². The summed E-state index contributed by atoms with van der Waals surface area (Å²) >= 11 is 0. The predicted octanol–water partition coefficient (Wildman–Crippen LogP) is 3.41. The Morgan fingerprint density at radius 3 is 2.35 bits per heavy atom. The molecule has 17 heavy (non-hydrogen) atoms. The van der Waals surface area contributed by atoms with Crippen LogP contribution in [0.25, 0.3) is 11.3 Å². The summed E-state index contributed by atoms with van der Waals surface area (Å²) in [7, 11) is 1.76. The summed E-state index contributed by atoms with van der Waals surface area (Å²) in [4.78, 5) is 0. The lowest BCUT2D eigenvalue weighted by molar-refractivity contribution is -0.667. The standard InChI is InChI=1S/C16H20N/c1-11-7-6-8-12(2)15(11)16-13(3)9-10-14(4)17(16)5/h6-10H,1-5H3/q+1/i1D3,3D3. The van der Waals surface area contributed by atoms with Crippen molar-refractivity contribution in [3.63, 3.8) is 0 Å². The molecule has 0 amide bonds. The number of aromatic nitrogens is 1. The fourth-order valence-electron chi connectivity index (χ4n) is 2.04. The third kappa shape index (κ3) is 1.97. The van der Waals surface area contributed by atoms with Crippen molar-refractivity contribution in [3.05, 3.63) is 52.7 Å². The van der Waals surface area contributed by atoms with E-state index in [9.17, 15) is 0 Å². The van der Waals surface area contributed by atoms with Crippen LogP contribution in [0.2, 0.25) is 0 Å². The van der Waals surface area contributed by atoms with Gasteiger partial charge in [-0.1, -0.05) is 18.2 Å². The third-order valence-corrected chi connectivity index (χ3v) is 3.12. The van der Waals surface area contributed by atoms with Crippen molar-refractivity contribution in [1.29, 1.82) is 0 Å². The van der Waals surface area contributed by atoms with E-state index in [1.807, 2.05) is 6.92 Å². The van der Waals surface area contributed by atoms with Crippen molar-refractivity contribution in [1.82, 2.24) is 0 Å². The number of hydrogen-bond acceptors (Lipinski definition) is 0. The van der Waals surface area contributed by atoms with Gasteiger partial charge in [0.25, 0.3) is 0 Å². The Kier molecular flexibility index (Phi) is 1.61. The molecule has 0 N–H and O–H groups in total. The largest absolute Gasteiger partial charge is 0.215 e. The molecule has 2 aromatic rings. The zero-order chi connectivity index (χ0) is 17.6. The Balaban J connectivity index is 2.96. The average Bonchev–Trinajstić information content (AvgIpc) is 2.39. The molecule has 0 fully saturated rings. The lowest BCUT2D eigenvalue weighted by Gasteiger charge is -2.11. The zero-order valence-corrected chi connectivity index (χ0v) is 10.3. The van der Waals surface area contributed by atoms with Gasteiger partial charge in [0.15, 0.2) is 5.69 Å². The van der Waals surface area contributed by atoms with Crippen LogP contribution < -0.4 is 4.57 Å². The lowest BCUT2D eigenvalue weighted by atomic mass is 9.96. The number of hydrogen-bond donors (Lipinski definition) is 0. The second kappa shape index (κ2) is 4.33. The fraction of sp³-hybridized carbons (Fsp3) is 0.312. The number of nitrogens with zero attached hydrogens (tertiary/aromatic N) is 1. The van der Waals surface area contributed by atoms with Crippen LogP contribution in [0.5, 0.6) is 0 Å². The van der Waals surface area contributed by atoms with Crippen molar-refractivity contribution in [2.24, 2.45) is 7.05 Å². The summed E-state index contributed by atoms with van der Waals surface area (Å²) in [6.45, 7) is -0.977. The van der Waals surface area contributed by atoms with Gasteiger partial charge < -0.3 is 0 Å². The molecule has 0 spiro atoms. The average molecular weight is 232 g/mol. The summed E-state index contributed by atoms with van der Waals surface area (Å²) in [6, 6.07) is 8.33. The van der Waals surface area contributed by atoms with E-state index in [0.29, 0.717) is 11.3 Å². The van der Waals surface area contributed by atoms with Crippen LogP contribution in [-0.2, 0) is 7.05 Å². The molecule has 0 aliphatic rings. The van der Waals surface area contributed by atoms with Crippen LogP contribution in [0.15, 0.2) is 30.3 Å².